The van der Waals surface area contributed by atoms with E-state index in [0.717, 1.165) is 0 Å². The molecule has 21 heavy (non-hydrogen) atoms. The van der Waals surface area contributed by atoms with Gasteiger partial charge in [-0.2, -0.15) is 0 Å². The van der Waals surface area contributed by atoms with Crippen LogP contribution in [0.4, 0.5) is 5.82 Å². The molecule has 0 saturated carbocycles. The van der Waals surface area contributed by atoms with E-state index in [9.17, 15) is 9.90 Å². The predicted octanol–water partition coefficient (Wildman–Crippen LogP) is -1.25. The van der Waals surface area contributed by atoms with Gasteiger partial charge in [0, 0.05) is 12.6 Å². The molecule has 3 heterocycles. The maximum atomic E-state index is 11.5. The minimum absolute atomic E-state index is 0.143. The molecule has 9 heteroatoms. The number of carbonyl (C=O) groups excluding carboxylic acids is 1. The zero-order valence-electron chi connectivity index (χ0n) is 11.0. The first-order chi connectivity index (χ1) is 10.0. The topological polar surface area (TPSA) is 150 Å². The van der Waals surface area contributed by atoms with Crippen LogP contribution in [0.15, 0.2) is 12.5 Å². The Morgan fingerprint density at radius 1 is 1.52 bits per heavy atom. The number of nitrogens with two attached hydrogens (primary N) is 2. The standard InChI is InChI=1S/C12H15N5O4/c13-10-9-5(11(14)20)2-17(12(9)16-4-15-10)8-1-6(19)7(3-18)21-8/h2,4,6-8,18-19H,1,3H2,(H2,14,20)(H2,13,15,16)/t6-,7-,8-/m0/s1. The average molecular weight is 293 g/mol. The maximum absolute atomic E-state index is 11.5. The van der Waals surface area contributed by atoms with Gasteiger partial charge in [-0.3, -0.25) is 4.79 Å². The minimum atomic E-state index is -0.798. The summed E-state index contributed by atoms with van der Waals surface area (Å²) in [7, 11) is 0. The van der Waals surface area contributed by atoms with Crippen LogP contribution in [0.5, 0.6) is 0 Å². The Morgan fingerprint density at radius 3 is 2.90 bits per heavy atom. The molecule has 1 amide bonds. The Balaban J connectivity index is 2.12. The molecule has 3 atom stereocenters. The fourth-order valence-electron chi connectivity index (χ4n) is 2.56. The van der Waals surface area contributed by atoms with Crippen LogP contribution in [0, 0.1) is 0 Å². The summed E-state index contributed by atoms with van der Waals surface area (Å²) in [5.74, 6) is -0.512. The van der Waals surface area contributed by atoms with Gasteiger partial charge in [-0.1, -0.05) is 0 Å². The van der Waals surface area contributed by atoms with E-state index in [0.29, 0.717) is 11.0 Å². The summed E-state index contributed by atoms with van der Waals surface area (Å²) in [4.78, 5) is 19.5. The van der Waals surface area contributed by atoms with Crippen molar-refractivity contribution in [3.63, 3.8) is 0 Å². The third-order valence-corrected chi connectivity index (χ3v) is 3.60. The van der Waals surface area contributed by atoms with Gasteiger partial charge < -0.3 is 31.0 Å². The van der Waals surface area contributed by atoms with Crippen LogP contribution < -0.4 is 11.5 Å². The third-order valence-electron chi connectivity index (χ3n) is 3.60. The van der Waals surface area contributed by atoms with Crippen molar-refractivity contribution in [1.29, 1.82) is 0 Å². The highest BCUT2D eigenvalue weighted by molar-refractivity contribution is 6.08. The number of aromatic nitrogens is 3. The van der Waals surface area contributed by atoms with E-state index in [1.54, 1.807) is 4.57 Å². The molecule has 2 aromatic rings. The molecular weight excluding hydrogens is 278 g/mol. The van der Waals surface area contributed by atoms with E-state index in [2.05, 4.69) is 9.97 Å². The van der Waals surface area contributed by atoms with Gasteiger partial charge in [-0.15, -0.1) is 0 Å². The number of nitrogen functional groups attached to an aromatic ring is 1. The van der Waals surface area contributed by atoms with Gasteiger partial charge in [-0.25, -0.2) is 9.97 Å². The molecule has 0 radical (unpaired) electrons. The Bertz CT molecular complexity index is 700. The fraction of sp³-hybridized carbons (Fsp3) is 0.417. The van der Waals surface area contributed by atoms with Crippen molar-refractivity contribution in [2.75, 3.05) is 12.3 Å². The number of ether oxygens (including phenoxy) is 1. The zero-order chi connectivity index (χ0) is 15.1. The van der Waals surface area contributed by atoms with Gasteiger partial charge in [0.2, 0.25) is 0 Å². The number of nitrogens with zero attached hydrogens (tertiary/aromatic N) is 3. The van der Waals surface area contributed by atoms with Crippen LogP contribution in [0.25, 0.3) is 11.0 Å². The quantitative estimate of drug-likeness (QED) is 0.552. The van der Waals surface area contributed by atoms with E-state index in [1.807, 2.05) is 0 Å². The molecule has 3 rings (SSSR count). The van der Waals surface area contributed by atoms with Crippen molar-refractivity contribution in [2.24, 2.45) is 5.73 Å². The average Bonchev–Trinajstić information content (AvgIpc) is 3.00. The number of rotatable bonds is 3. The number of amides is 1. The van der Waals surface area contributed by atoms with E-state index in [1.165, 1.54) is 12.5 Å². The molecular formula is C12H15N5O4. The number of hydrogen-bond donors (Lipinski definition) is 4. The summed E-state index contributed by atoms with van der Waals surface area (Å²) < 4.78 is 7.14. The van der Waals surface area contributed by atoms with E-state index in [4.69, 9.17) is 21.3 Å². The van der Waals surface area contributed by atoms with Crippen LogP contribution in [-0.4, -0.2) is 49.5 Å². The number of carbonyl (C=O) groups is 1. The summed E-state index contributed by atoms with van der Waals surface area (Å²) in [6.45, 7) is -0.295. The van der Waals surface area contributed by atoms with Gasteiger partial charge in [-0.05, 0) is 0 Å². The second-order valence-electron chi connectivity index (χ2n) is 4.89. The maximum Gasteiger partial charge on any atom is 0.251 e. The summed E-state index contributed by atoms with van der Waals surface area (Å²) in [5.41, 5.74) is 11.7. The minimum Gasteiger partial charge on any atom is -0.394 e. The van der Waals surface area contributed by atoms with Crippen molar-refractivity contribution >= 4 is 22.8 Å². The first kappa shape index (κ1) is 13.7. The molecule has 112 valence electrons. The van der Waals surface area contributed by atoms with Gasteiger partial charge in [0.05, 0.1) is 23.7 Å². The van der Waals surface area contributed by atoms with Gasteiger partial charge >= 0.3 is 0 Å². The van der Waals surface area contributed by atoms with Crippen LogP contribution in [0.3, 0.4) is 0 Å². The lowest BCUT2D eigenvalue weighted by atomic mass is 10.2. The lowest BCUT2D eigenvalue weighted by Crippen LogP contribution is -2.24. The van der Waals surface area contributed by atoms with Crippen molar-refractivity contribution < 1.29 is 19.7 Å². The molecule has 0 aliphatic carbocycles. The van der Waals surface area contributed by atoms with E-state index < -0.39 is 24.3 Å². The second-order valence-corrected chi connectivity index (χ2v) is 4.89. The Morgan fingerprint density at radius 2 is 2.29 bits per heavy atom. The van der Waals surface area contributed by atoms with Crippen LogP contribution in [0.1, 0.15) is 23.0 Å². The monoisotopic (exact) mass is 293 g/mol. The first-order valence-electron chi connectivity index (χ1n) is 6.38. The van der Waals surface area contributed by atoms with Crippen LogP contribution >= 0.6 is 0 Å². The summed E-state index contributed by atoms with van der Waals surface area (Å²) >= 11 is 0. The molecule has 2 aromatic heterocycles. The van der Waals surface area contributed by atoms with Gasteiger partial charge in [0.1, 0.15) is 30.1 Å². The number of aliphatic hydroxyl groups excluding tert-OH is 2. The molecule has 0 unspecified atom stereocenters. The van der Waals surface area contributed by atoms with E-state index >= 15 is 0 Å². The normalized spacial score (nSPS) is 25.5. The smallest absolute Gasteiger partial charge is 0.251 e. The van der Waals surface area contributed by atoms with Gasteiger partial charge in [0.15, 0.2) is 0 Å². The predicted molar refractivity (Wildman–Crippen MR) is 72.1 cm³/mol. The molecule has 1 aliphatic heterocycles. The summed E-state index contributed by atoms with van der Waals surface area (Å²) in [6, 6.07) is 0. The first-order valence-corrected chi connectivity index (χ1v) is 6.38. The highest BCUT2D eigenvalue weighted by atomic mass is 16.5. The van der Waals surface area contributed by atoms with Crippen molar-refractivity contribution in [2.45, 2.75) is 24.9 Å². The summed E-state index contributed by atoms with van der Waals surface area (Å²) in [6.07, 6.45) is 0.972. The molecule has 0 bridgehead atoms. The number of fused-ring (bicyclic) bond motifs is 1. The Labute approximate surface area is 119 Å². The SMILES string of the molecule is NC(=O)c1cn([C@@H]2C[C@H](O)[C@H](CO)O2)c2ncnc(N)c12. The highest BCUT2D eigenvalue weighted by Gasteiger charge is 2.35. The lowest BCUT2D eigenvalue weighted by Gasteiger charge is -2.14. The number of aliphatic hydroxyl groups is 2. The summed E-state index contributed by atoms with van der Waals surface area (Å²) in [5, 5.41) is 19.3. The largest absolute Gasteiger partial charge is 0.394 e. The lowest BCUT2D eigenvalue weighted by molar-refractivity contribution is -0.0430. The molecule has 9 nitrogen and oxygen atoms in total. The molecule has 1 fully saturated rings. The Kier molecular flexibility index (Phi) is 3.24. The number of hydrogen-bond acceptors (Lipinski definition) is 7. The van der Waals surface area contributed by atoms with Crippen molar-refractivity contribution in [1.82, 2.24) is 14.5 Å². The molecule has 0 spiro atoms. The number of primary amides is 1. The van der Waals surface area contributed by atoms with E-state index in [-0.39, 0.29) is 24.4 Å². The fourth-order valence-corrected chi connectivity index (χ4v) is 2.56. The highest BCUT2D eigenvalue weighted by Crippen LogP contribution is 2.33. The second kappa shape index (κ2) is 4.95. The molecule has 1 saturated heterocycles. The Hall–Kier alpha value is -2.23. The van der Waals surface area contributed by atoms with Crippen LogP contribution in [0.2, 0.25) is 0 Å². The van der Waals surface area contributed by atoms with Crippen LogP contribution in [-0.2, 0) is 4.74 Å². The molecule has 6 N–H and O–H groups in total. The van der Waals surface area contributed by atoms with Crippen molar-refractivity contribution in [3.05, 3.63) is 18.1 Å². The zero-order valence-corrected chi connectivity index (χ0v) is 11.0. The molecule has 1 aliphatic rings. The number of anilines is 1. The molecule has 0 aromatic carbocycles. The third kappa shape index (κ3) is 2.11. The van der Waals surface area contributed by atoms with Gasteiger partial charge in [0.25, 0.3) is 5.91 Å². The van der Waals surface area contributed by atoms with Crippen molar-refractivity contribution in [3.8, 4) is 0 Å².